The molecule has 0 saturated carbocycles. The number of nitrogens with zero attached hydrogens (tertiary/aromatic N) is 2. The van der Waals surface area contributed by atoms with Gasteiger partial charge in [0.05, 0.1) is 12.7 Å². The second kappa shape index (κ2) is 9.06. The Balaban J connectivity index is 2.38. The van der Waals surface area contributed by atoms with Crippen LogP contribution in [0.5, 0.6) is 0 Å². The van der Waals surface area contributed by atoms with Crippen molar-refractivity contribution in [1.29, 1.82) is 0 Å². The molecular formula is C12H24N4O3S. The summed E-state index contributed by atoms with van der Waals surface area (Å²) >= 11 is 0. The third kappa shape index (κ3) is 6.00. The minimum absolute atomic E-state index is 0.213. The van der Waals surface area contributed by atoms with Crippen LogP contribution in [0.1, 0.15) is 19.3 Å². The molecule has 7 nitrogen and oxygen atoms in total. The number of ether oxygens (including phenoxy) is 1. The zero-order valence-corrected chi connectivity index (χ0v) is 12.9. The van der Waals surface area contributed by atoms with E-state index in [-0.39, 0.29) is 4.90 Å². The van der Waals surface area contributed by atoms with Crippen LogP contribution in [0.15, 0.2) is 17.3 Å². The summed E-state index contributed by atoms with van der Waals surface area (Å²) in [6, 6.07) is 0. The number of aromatic nitrogens is 2. The van der Waals surface area contributed by atoms with Crippen molar-refractivity contribution in [2.75, 3.05) is 33.9 Å². The van der Waals surface area contributed by atoms with Gasteiger partial charge in [-0.2, -0.15) is 5.10 Å². The smallest absolute Gasteiger partial charge is 0.243 e. The topological polar surface area (TPSA) is 85.2 Å². The molecule has 0 spiro atoms. The first kappa shape index (κ1) is 17.1. The Bertz CT molecular complexity index is 473. The van der Waals surface area contributed by atoms with Gasteiger partial charge >= 0.3 is 0 Å². The highest BCUT2D eigenvalue weighted by molar-refractivity contribution is 7.89. The van der Waals surface area contributed by atoms with Crippen LogP contribution in [-0.4, -0.2) is 52.1 Å². The summed E-state index contributed by atoms with van der Waals surface area (Å²) in [4.78, 5) is 0.213. The van der Waals surface area contributed by atoms with Gasteiger partial charge in [0.15, 0.2) is 0 Å². The molecular weight excluding hydrogens is 280 g/mol. The standard InChI is InChI=1S/C12H24N4O3S/c1-13-7-8-16-11-12(10-14-16)20(17,18)15-6-4-3-5-9-19-2/h10-11,13,15H,3-9H2,1-2H3. The Kier molecular flexibility index (Phi) is 7.75. The molecule has 0 unspecified atom stereocenters. The van der Waals surface area contributed by atoms with Crippen LogP contribution in [0.4, 0.5) is 0 Å². The van der Waals surface area contributed by atoms with Crippen molar-refractivity contribution >= 4 is 10.0 Å². The third-order valence-electron chi connectivity index (χ3n) is 2.83. The number of sulfonamides is 1. The van der Waals surface area contributed by atoms with E-state index in [4.69, 9.17) is 4.74 Å². The van der Waals surface area contributed by atoms with Gasteiger partial charge in [0.1, 0.15) is 4.90 Å². The molecule has 0 aliphatic carbocycles. The number of hydrogen-bond acceptors (Lipinski definition) is 5. The van der Waals surface area contributed by atoms with Crippen LogP contribution in [0.3, 0.4) is 0 Å². The van der Waals surface area contributed by atoms with Gasteiger partial charge in [0, 0.05) is 33.0 Å². The first-order valence-electron chi connectivity index (χ1n) is 6.76. The Morgan fingerprint density at radius 2 is 2.10 bits per heavy atom. The maximum Gasteiger partial charge on any atom is 0.243 e. The van der Waals surface area contributed by atoms with E-state index >= 15 is 0 Å². The van der Waals surface area contributed by atoms with Crippen LogP contribution in [-0.2, 0) is 21.3 Å². The predicted octanol–water partition coefficient (Wildman–Crippen LogP) is 0.198. The zero-order chi connectivity index (χ0) is 14.8. The van der Waals surface area contributed by atoms with Crippen molar-refractivity contribution in [2.45, 2.75) is 30.7 Å². The molecule has 8 heteroatoms. The van der Waals surface area contributed by atoms with Gasteiger partial charge in [-0.1, -0.05) is 0 Å². The van der Waals surface area contributed by atoms with Crippen LogP contribution < -0.4 is 10.0 Å². The molecule has 0 bridgehead atoms. The number of unbranched alkanes of at least 4 members (excludes halogenated alkanes) is 2. The van der Waals surface area contributed by atoms with Crippen molar-refractivity contribution in [3.63, 3.8) is 0 Å². The van der Waals surface area contributed by atoms with Crippen LogP contribution in [0, 0.1) is 0 Å². The Morgan fingerprint density at radius 1 is 1.30 bits per heavy atom. The lowest BCUT2D eigenvalue weighted by atomic mass is 10.2. The van der Waals surface area contributed by atoms with Crippen LogP contribution in [0.25, 0.3) is 0 Å². The molecule has 0 saturated heterocycles. The van der Waals surface area contributed by atoms with Crippen LogP contribution >= 0.6 is 0 Å². The summed E-state index contributed by atoms with van der Waals surface area (Å²) in [6.07, 6.45) is 5.61. The average molecular weight is 304 g/mol. The fourth-order valence-corrected chi connectivity index (χ4v) is 2.70. The number of methoxy groups -OCH3 is 1. The fraction of sp³-hybridized carbons (Fsp3) is 0.750. The third-order valence-corrected chi connectivity index (χ3v) is 4.24. The van der Waals surface area contributed by atoms with Crippen molar-refractivity contribution in [1.82, 2.24) is 19.8 Å². The molecule has 0 aliphatic heterocycles. The number of likely N-dealkylation sites (N-methyl/N-ethyl adjacent to an activating group) is 1. The SMILES string of the molecule is CNCCn1cc(S(=O)(=O)NCCCCCOC)cn1. The highest BCUT2D eigenvalue weighted by Gasteiger charge is 2.15. The summed E-state index contributed by atoms with van der Waals surface area (Å²) < 4.78 is 33.1. The Hall–Kier alpha value is -0.960. The van der Waals surface area contributed by atoms with E-state index in [1.54, 1.807) is 18.0 Å². The minimum Gasteiger partial charge on any atom is -0.385 e. The Labute approximate surface area is 120 Å². The Morgan fingerprint density at radius 3 is 2.80 bits per heavy atom. The molecule has 0 amide bonds. The molecule has 1 aromatic rings. The fourth-order valence-electron chi connectivity index (χ4n) is 1.67. The molecule has 0 fully saturated rings. The van der Waals surface area contributed by atoms with E-state index in [1.807, 2.05) is 7.05 Å². The highest BCUT2D eigenvalue weighted by atomic mass is 32.2. The van der Waals surface area contributed by atoms with Gasteiger partial charge in [0.2, 0.25) is 10.0 Å². The molecule has 0 aliphatic rings. The predicted molar refractivity (Wildman–Crippen MR) is 77.1 cm³/mol. The van der Waals surface area contributed by atoms with Gasteiger partial charge < -0.3 is 10.1 Å². The molecule has 116 valence electrons. The first-order chi connectivity index (χ1) is 9.60. The number of hydrogen-bond donors (Lipinski definition) is 2. The summed E-state index contributed by atoms with van der Waals surface area (Å²) in [5.74, 6) is 0. The quantitative estimate of drug-likeness (QED) is 0.570. The summed E-state index contributed by atoms with van der Waals surface area (Å²) in [7, 11) is 0.0585. The minimum atomic E-state index is -3.44. The lowest BCUT2D eigenvalue weighted by Gasteiger charge is -2.04. The molecule has 1 rings (SSSR count). The van der Waals surface area contributed by atoms with Gasteiger partial charge in [0.25, 0.3) is 0 Å². The monoisotopic (exact) mass is 304 g/mol. The van der Waals surface area contributed by atoms with E-state index in [0.717, 1.165) is 25.8 Å². The molecule has 20 heavy (non-hydrogen) atoms. The molecule has 1 aromatic heterocycles. The van der Waals surface area contributed by atoms with E-state index in [0.29, 0.717) is 19.7 Å². The number of rotatable bonds is 11. The first-order valence-corrected chi connectivity index (χ1v) is 8.24. The van der Waals surface area contributed by atoms with Crippen molar-refractivity contribution < 1.29 is 13.2 Å². The van der Waals surface area contributed by atoms with Gasteiger partial charge in [-0.05, 0) is 26.3 Å². The average Bonchev–Trinajstić information content (AvgIpc) is 2.90. The lowest BCUT2D eigenvalue weighted by Crippen LogP contribution is -2.24. The van der Waals surface area contributed by atoms with E-state index in [2.05, 4.69) is 15.1 Å². The van der Waals surface area contributed by atoms with Crippen LogP contribution in [0.2, 0.25) is 0 Å². The molecule has 1 heterocycles. The highest BCUT2D eigenvalue weighted by Crippen LogP contribution is 2.07. The lowest BCUT2D eigenvalue weighted by molar-refractivity contribution is 0.192. The normalized spacial score (nSPS) is 11.9. The van der Waals surface area contributed by atoms with Crippen molar-refractivity contribution in [2.24, 2.45) is 0 Å². The summed E-state index contributed by atoms with van der Waals surface area (Å²) in [5.41, 5.74) is 0. The van der Waals surface area contributed by atoms with E-state index < -0.39 is 10.0 Å². The molecule has 0 atom stereocenters. The van der Waals surface area contributed by atoms with Crippen molar-refractivity contribution in [3.8, 4) is 0 Å². The maximum absolute atomic E-state index is 12.0. The number of nitrogens with one attached hydrogen (secondary N) is 2. The van der Waals surface area contributed by atoms with E-state index in [9.17, 15) is 8.42 Å². The summed E-state index contributed by atoms with van der Waals surface area (Å²) in [5, 5.41) is 7.02. The van der Waals surface area contributed by atoms with E-state index in [1.165, 1.54) is 6.20 Å². The van der Waals surface area contributed by atoms with Gasteiger partial charge in [-0.15, -0.1) is 0 Å². The second-order valence-electron chi connectivity index (χ2n) is 4.49. The molecule has 0 aromatic carbocycles. The summed E-state index contributed by atoms with van der Waals surface area (Å²) in [6.45, 7) is 2.54. The van der Waals surface area contributed by atoms with Gasteiger partial charge in [-0.25, -0.2) is 13.1 Å². The largest absolute Gasteiger partial charge is 0.385 e. The second-order valence-corrected chi connectivity index (χ2v) is 6.26. The zero-order valence-electron chi connectivity index (χ0n) is 12.1. The van der Waals surface area contributed by atoms with Crippen molar-refractivity contribution in [3.05, 3.63) is 12.4 Å². The molecule has 2 N–H and O–H groups in total. The molecule has 0 radical (unpaired) electrons. The maximum atomic E-state index is 12.0. The van der Waals surface area contributed by atoms with Gasteiger partial charge in [-0.3, -0.25) is 4.68 Å².